The van der Waals surface area contributed by atoms with Gasteiger partial charge in [0.1, 0.15) is 12.3 Å². The van der Waals surface area contributed by atoms with Crippen molar-refractivity contribution in [2.45, 2.75) is 16.6 Å². The largest absolute Gasteiger partial charge is 0.497 e. The van der Waals surface area contributed by atoms with Gasteiger partial charge in [0.25, 0.3) is 0 Å². The second kappa shape index (κ2) is 9.07. The van der Waals surface area contributed by atoms with Crippen LogP contribution < -0.4 is 24.4 Å². The van der Waals surface area contributed by atoms with Gasteiger partial charge in [-0.25, -0.2) is 0 Å². The van der Waals surface area contributed by atoms with Gasteiger partial charge in [-0.15, -0.1) is 11.8 Å². The molecule has 0 fully saturated rings. The van der Waals surface area contributed by atoms with Gasteiger partial charge in [-0.05, 0) is 42.0 Å². The lowest BCUT2D eigenvalue weighted by Gasteiger charge is -2.22. The Balaban J connectivity index is 1.36. The highest BCUT2D eigenvalue weighted by molar-refractivity contribution is 7.99. The third-order valence-electron chi connectivity index (χ3n) is 5.53. The maximum absolute atomic E-state index is 13.3. The molecule has 3 aromatic carbocycles. The fourth-order valence-electron chi connectivity index (χ4n) is 3.87. The average Bonchev–Trinajstić information content (AvgIpc) is 3.25. The normalized spacial score (nSPS) is 16.7. The Morgan fingerprint density at radius 2 is 1.88 bits per heavy atom. The summed E-state index contributed by atoms with van der Waals surface area (Å²) in [6.45, 7) is 0.0823. The number of hydrogen-bond acceptors (Lipinski definition) is 6. The highest BCUT2D eigenvalue weighted by Crippen LogP contribution is 2.45. The smallest absolute Gasteiger partial charge is 0.244 e. The van der Waals surface area contributed by atoms with Crippen LogP contribution in [-0.2, 0) is 9.59 Å². The zero-order chi connectivity index (χ0) is 22.8. The number of amides is 2. The second-order valence-corrected chi connectivity index (χ2v) is 8.89. The van der Waals surface area contributed by atoms with Gasteiger partial charge in [-0.3, -0.25) is 9.59 Å². The van der Waals surface area contributed by atoms with Crippen molar-refractivity contribution in [3.05, 3.63) is 72.3 Å². The average molecular weight is 463 g/mol. The molecular weight excluding hydrogens is 440 g/mol. The van der Waals surface area contributed by atoms with Crippen molar-refractivity contribution in [3.63, 3.8) is 0 Å². The molecule has 168 valence electrons. The lowest BCUT2D eigenvalue weighted by molar-refractivity contribution is -0.121. The van der Waals surface area contributed by atoms with Crippen LogP contribution in [0, 0.1) is 0 Å². The molecule has 0 aromatic heterocycles. The van der Waals surface area contributed by atoms with Crippen LogP contribution >= 0.6 is 11.8 Å². The quantitative estimate of drug-likeness (QED) is 0.596. The summed E-state index contributed by atoms with van der Waals surface area (Å²) in [7, 11) is 1.63. The topological polar surface area (TPSA) is 77.1 Å². The molecule has 5 rings (SSSR count). The van der Waals surface area contributed by atoms with Gasteiger partial charge in [-0.1, -0.05) is 24.3 Å². The molecule has 0 saturated carbocycles. The molecule has 1 N–H and O–H groups in total. The Hall–Kier alpha value is -3.65. The van der Waals surface area contributed by atoms with Gasteiger partial charge in [0.15, 0.2) is 11.5 Å². The molecule has 2 amide bonds. The zero-order valence-corrected chi connectivity index (χ0v) is 18.8. The molecule has 2 heterocycles. The molecule has 0 radical (unpaired) electrons. The van der Waals surface area contributed by atoms with E-state index in [0.29, 0.717) is 17.2 Å². The summed E-state index contributed by atoms with van der Waals surface area (Å²) in [5, 5.41) is 2.79. The summed E-state index contributed by atoms with van der Waals surface area (Å²) < 4.78 is 15.9. The van der Waals surface area contributed by atoms with Gasteiger partial charge in [0.05, 0.1) is 12.8 Å². The Morgan fingerprint density at radius 3 is 2.70 bits per heavy atom. The molecule has 33 heavy (non-hydrogen) atoms. The fraction of sp³-hybridized carbons (Fsp3) is 0.200. The molecule has 0 unspecified atom stereocenters. The summed E-state index contributed by atoms with van der Waals surface area (Å²) >= 11 is 1.63. The van der Waals surface area contributed by atoms with E-state index in [1.165, 1.54) is 0 Å². The lowest BCUT2D eigenvalue weighted by atomic mass is 10.1. The van der Waals surface area contributed by atoms with E-state index < -0.39 is 0 Å². The van der Waals surface area contributed by atoms with Crippen molar-refractivity contribution in [1.82, 2.24) is 0 Å². The number of carbonyl (C=O) groups is 2. The molecule has 3 aromatic rings. The number of fused-ring (bicyclic) bond motifs is 2. The number of rotatable bonds is 5. The highest BCUT2D eigenvalue weighted by Gasteiger charge is 2.30. The van der Waals surface area contributed by atoms with Crippen LogP contribution in [0.3, 0.4) is 0 Å². The number of thioether (sulfide) groups is 1. The molecule has 8 heteroatoms. The SMILES string of the molecule is COc1ccc([C@H]2CC(=O)N(CC(=O)Nc3ccc4c(c3)OCO4)c3ccccc3S2)cc1. The number of carbonyl (C=O) groups excluding carboxylic acids is 2. The summed E-state index contributed by atoms with van der Waals surface area (Å²) in [6.07, 6.45) is 0.281. The number of hydrogen-bond donors (Lipinski definition) is 1. The Bertz CT molecular complexity index is 1200. The second-order valence-electron chi connectivity index (χ2n) is 7.65. The maximum atomic E-state index is 13.3. The predicted octanol–water partition coefficient (Wildman–Crippen LogP) is 4.63. The molecule has 0 saturated heterocycles. The molecule has 0 spiro atoms. The predicted molar refractivity (Wildman–Crippen MR) is 126 cm³/mol. The monoisotopic (exact) mass is 462 g/mol. The number of benzene rings is 3. The number of methoxy groups -OCH3 is 1. The van der Waals surface area contributed by atoms with E-state index in [1.807, 2.05) is 48.5 Å². The molecule has 2 aliphatic rings. The van der Waals surface area contributed by atoms with Crippen LogP contribution in [-0.4, -0.2) is 32.3 Å². The van der Waals surface area contributed by atoms with Crippen LogP contribution in [0.25, 0.3) is 0 Å². The van der Waals surface area contributed by atoms with E-state index in [4.69, 9.17) is 14.2 Å². The van der Waals surface area contributed by atoms with Crippen molar-refractivity contribution in [2.24, 2.45) is 0 Å². The van der Waals surface area contributed by atoms with Crippen molar-refractivity contribution in [2.75, 3.05) is 30.7 Å². The van der Waals surface area contributed by atoms with Crippen LogP contribution in [0.2, 0.25) is 0 Å². The molecule has 1 atom stereocenters. The van der Waals surface area contributed by atoms with Crippen LogP contribution in [0.4, 0.5) is 11.4 Å². The summed E-state index contributed by atoms with van der Waals surface area (Å²) in [4.78, 5) is 28.7. The van der Waals surface area contributed by atoms with E-state index in [-0.39, 0.29) is 36.8 Å². The Labute approximate surface area is 195 Å². The minimum absolute atomic E-state index is 0.0634. The lowest BCUT2D eigenvalue weighted by Crippen LogP contribution is -2.38. The Kier molecular flexibility index (Phi) is 5.83. The van der Waals surface area contributed by atoms with Crippen molar-refractivity contribution >= 4 is 35.0 Å². The van der Waals surface area contributed by atoms with E-state index in [2.05, 4.69) is 5.32 Å². The van der Waals surface area contributed by atoms with Gasteiger partial charge >= 0.3 is 0 Å². The van der Waals surface area contributed by atoms with Crippen LogP contribution in [0.5, 0.6) is 17.2 Å². The number of para-hydroxylation sites is 1. The van der Waals surface area contributed by atoms with E-state index >= 15 is 0 Å². The number of ether oxygens (including phenoxy) is 3. The third-order valence-corrected chi connectivity index (χ3v) is 6.85. The zero-order valence-electron chi connectivity index (χ0n) is 17.9. The van der Waals surface area contributed by atoms with Crippen molar-refractivity contribution in [1.29, 1.82) is 0 Å². The fourth-order valence-corrected chi connectivity index (χ4v) is 5.16. The number of nitrogens with one attached hydrogen (secondary N) is 1. The summed E-state index contributed by atoms with van der Waals surface area (Å²) in [5.41, 5.74) is 2.37. The highest BCUT2D eigenvalue weighted by atomic mass is 32.2. The van der Waals surface area contributed by atoms with Crippen LogP contribution in [0.15, 0.2) is 71.6 Å². The van der Waals surface area contributed by atoms with Crippen molar-refractivity contribution in [3.8, 4) is 17.2 Å². The van der Waals surface area contributed by atoms with Gasteiger partial charge < -0.3 is 24.4 Å². The van der Waals surface area contributed by atoms with Gasteiger partial charge in [0.2, 0.25) is 18.6 Å². The molecular formula is C25H22N2O5S. The van der Waals surface area contributed by atoms with Crippen molar-refractivity contribution < 1.29 is 23.8 Å². The first-order valence-electron chi connectivity index (χ1n) is 10.5. The van der Waals surface area contributed by atoms with E-state index in [0.717, 1.165) is 21.9 Å². The first kappa shape index (κ1) is 21.2. The molecule has 2 aliphatic heterocycles. The standard InChI is InChI=1S/C25H22N2O5S/c1-30-18-9-6-16(7-10-18)23-13-25(29)27(19-4-2-3-5-22(19)33-23)14-24(28)26-17-8-11-20-21(12-17)32-15-31-20/h2-12,23H,13-15H2,1H3,(H,26,28)/t23-/m1/s1. The third kappa shape index (κ3) is 4.47. The van der Waals surface area contributed by atoms with E-state index in [9.17, 15) is 9.59 Å². The first-order chi connectivity index (χ1) is 16.1. The number of anilines is 2. The molecule has 0 bridgehead atoms. The van der Waals surface area contributed by atoms with Gasteiger partial charge in [-0.2, -0.15) is 0 Å². The van der Waals surface area contributed by atoms with Crippen LogP contribution in [0.1, 0.15) is 17.2 Å². The minimum atomic E-state index is -0.287. The van der Waals surface area contributed by atoms with Gasteiger partial charge in [0, 0.05) is 28.3 Å². The van der Waals surface area contributed by atoms with E-state index in [1.54, 1.807) is 42.0 Å². The Morgan fingerprint density at radius 1 is 1.09 bits per heavy atom. The maximum Gasteiger partial charge on any atom is 0.244 e. The summed E-state index contributed by atoms with van der Waals surface area (Å²) in [5.74, 6) is 1.61. The number of nitrogens with zero attached hydrogens (tertiary/aromatic N) is 1. The molecule has 0 aliphatic carbocycles. The first-order valence-corrected chi connectivity index (χ1v) is 11.4. The molecule has 7 nitrogen and oxygen atoms in total. The minimum Gasteiger partial charge on any atom is -0.497 e. The summed E-state index contributed by atoms with van der Waals surface area (Å²) in [6, 6.07) is 20.7.